The predicted molar refractivity (Wildman–Crippen MR) is 81.8 cm³/mol. The van der Waals surface area contributed by atoms with E-state index < -0.39 is 0 Å². The van der Waals surface area contributed by atoms with Crippen molar-refractivity contribution >= 4 is 5.65 Å². The van der Waals surface area contributed by atoms with Crippen LogP contribution >= 0.6 is 0 Å². The molecule has 0 amide bonds. The lowest BCUT2D eigenvalue weighted by Crippen LogP contribution is -2.61. The summed E-state index contributed by atoms with van der Waals surface area (Å²) in [5, 5.41) is 3.60. The fraction of sp³-hybridized carbons (Fsp3) is 0.562. The minimum absolute atomic E-state index is 0.225. The third-order valence-corrected chi connectivity index (χ3v) is 4.62. The number of aromatic nitrogens is 2. The van der Waals surface area contributed by atoms with Gasteiger partial charge in [-0.1, -0.05) is 13.0 Å². The summed E-state index contributed by atoms with van der Waals surface area (Å²) in [4.78, 5) is 7.31. The summed E-state index contributed by atoms with van der Waals surface area (Å²) in [5.74, 6) is 0. The van der Waals surface area contributed by atoms with Gasteiger partial charge in [-0.15, -0.1) is 0 Å². The van der Waals surface area contributed by atoms with E-state index in [4.69, 9.17) is 4.98 Å². The van der Waals surface area contributed by atoms with Gasteiger partial charge in [0, 0.05) is 43.6 Å². The third kappa shape index (κ3) is 2.45. The molecule has 0 aliphatic carbocycles. The van der Waals surface area contributed by atoms with Crippen LogP contribution in [0.25, 0.3) is 5.65 Å². The van der Waals surface area contributed by atoms with Gasteiger partial charge in [0.25, 0.3) is 0 Å². The molecule has 0 bridgehead atoms. The SMILES string of the molecule is CCC1(C)CNC(C)CN1Cc1cn2ccccc2n1. The van der Waals surface area contributed by atoms with Crippen LogP contribution in [0.15, 0.2) is 30.6 Å². The summed E-state index contributed by atoms with van der Waals surface area (Å²) >= 11 is 0. The van der Waals surface area contributed by atoms with Crippen molar-refractivity contribution in [1.29, 1.82) is 0 Å². The number of pyridine rings is 1. The molecule has 2 aromatic heterocycles. The van der Waals surface area contributed by atoms with Gasteiger partial charge in [0.05, 0.1) is 5.69 Å². The van der Waals surface area contributed by atoms with E-state index in [2.05, 4.69) is 53.8 Å². The first-order valence-electron chi connectivity index (χ1n) is 7.52. The maximum Gasteiger partial charge on any atom is 0.137 e. The van der Waals surface area contributed by atoms with Gasteiger partial charge in [-0.25, -0.2) is 4.98 Å². The average Bonchev–Trinajstić information content (AvgIpc) is 2.85. The Balaban J connectivity index is 1.84. The van der Waals surface area contributed by atoms with Crippen LogP contribution < -0.4 is 5.32 Å². The van der Waals surface area contributed by atoms with Crippen LogP contribution in [0.4, 0.5) is 0 Å². The Morgan fingerprint density at radius 1 is 1.45 bits per heavy atom. The Morgan fingerprint density at radius 3 is 3.05 bits per heavy atom. The van der Waals surface area contributed by atoms with E-state index in [-0.39, 0.29) is 5.54 Å². The summed E-state index contributed by atoms with van der Waals surface area (Å²) in [6.07, 6.45) is 5.36. The highest BCUT2D eigenvalue weighted by Gasteiger charge is 2.35. The first-order chi connectivity index (χ1) is 9.60. The molecule has 1 saturated heterocycles. The zero-order valence-corrected chi connectivity index (χ0v) is 12.6. The van der Waals surface area contributed by atoms with E-state index in [9.17, 15) is 0 Å². The number of fused-ring (bicyclic) bond motifs is 1. The van der Waals surface area contributed by atoms with Gasteiger partial charge in [0.2, 0.25) is 0 Å². The summed E-state index contributed by atoms with van der Waals surface area (Å²) < 4.78 is 2.10. The van der Waals surface area contributed by atoms with Gasteiger partial charge >= 0.3 is 0 Å². The first kappa shape index (κ1) is 13.6. The summed E-state index contributed by atoms with van der Waals surface area (Å²) in [6.45, 7) is 9.94. The number of nitrogens with zero attached hydrogens (tertiary/aromatic N) is 3. The largest absolute Gasteiger partial charge is 0.311 e. The molecule has 0 aromatic carbocycles. The van der Waals surface area contributed by atoms with Crippen LogP contribution in [0.5, 0.6) is 0 Å². The minimum atomic E-state index is 0.225. The van der Waals surface area contributed by atoms with Crippen molar-refractivity contribution < 1.29 is 0 Å². The zero-order chi connectivity index (χ0) is 14.2. The van der Waals surface area contributed by atoms with Gasteiger partial charge in [0.1, 0.15) is 5.65 Å². The molecule has 0 saturated carbocycles. The Hall–Kier alpha value is -1.39. The molecular weight excluding hydrogens is 248 g/mol. The second-order valence-corrected chi connectivity index (χ2v) is 6.21. The third-order valence-electron chi connectivity index (χ3n) is 4.62. The molecule has 2 aromatic rings. The van der Waals surface area contributed by atoms with E-state index >= 15 is 0 Å². The molecular formula is C16H24N4. The smallest absolute Gasteiger partial charge is 0.137 e. The lowest BCUT2D eigenvalue weighted by atomic mass is 9.92. The molecule has 0 radical (unpaired) electrons. The Bertz CT molecular complexity index is 558. The maximum atomic E-state index is 4.73. The summed E-state index contributed by atoms with van der Waals surface area (Å²) in [5.41, 5.74) is 2.41. The molecule has 3 rings (SSSR count). The molecule has 108 valence electrons. The molecule has 1 N–H and O–H groups in total. The molecule has 1 aliphatic heterocycles. The van der Waals surface area contributed by atoms with Crippen LogP contribution in [0.2, 0.25) is 0 Å². The van der Waals surface area contributed by atoms with E-state index in [0.29, 0.717) is 6.04 Å². The molecule has 3 heterocycles. The van der Waals surface area contributed by atoms with Crippen LogP contribution in [0, 0.1) is 0 Å². The summed E-state index contributed by atoms with van der Waals surface area (Å²) in [6, 6.07) is 6.69. The van der Waals surface area contributed by atoms with Crippen LogP contribution in [0.1, 0.15) is 32.9 Å². The van der Waals surface area contributed by atoms with Gasteiger partial charge in [0.15, 0.2) is 0 Å². The van der Waals surface area contributed by atoms with Crippen molar-refractivity contribution in [3.8, 4) is 0 Å². The van der Waals surface area contributed by atoms with Crippen molar-refractivity contribution in [2.45, 2.75) is 45.3 Å². The second kappa shape index (κ2) is 5.19. The van der Waals surface area contributed by atoms with Gasteiger partial charge in [-0.3, -0.25) is 4.90 Å². The molecule has 1 aliphatic rings. The van der Waals surface area contributed by atoms with Crippen LogP contribution in [-0.4, -0.2) is 39.0 Å². The van der Waals surface area contributed by atoms with Crippen molar-refractivity contribution in [3.63, 3.8) is 0 Å². The second-order valence-electron chi connectivity index (χ2n) is 6.21. The number of hydrogen-bond donors (Lipinski definition) is 1. The van der Waals surface area contributed by atoms with Gasteiger partial charge in [-0.2, -0.15) is 0 Å². The fourth-order valence-corrected chi connectivity index (χ4v) is 2.98. The Morgan fingerprint density at radius 2 is 2.30 bits per heavy atom. The molecule has 2 unspecified atom stereocenters. The Labute approximate surface area is 120 Å². The predicted octanol–water partition coefficient (Wildman–Crippen LogP) is 2.30. The van der Waals surface area contributed by atoms with E-state index in [0.717, 1.165) is 37.4 Å². The van der Waals surface area contributed by atoms with Crippen LogP contribution in [-0.2, 0) is 6.54 Å². The topological polar surface area (TPSA) is 32.6 Å². The lowest BCUT2D eigenvalue weighted by Gasteiger charge is -2.47. The quantitative estimate of drug-likeness (QED) is 0.930. The van der Waals surface area contributed by atoms with Crippen molar-refractivity contribution in [2.24, 2.45) is 0 Å². The van der Waals surface area contributed by atoms with Gasteiger partial charge in [-0.05, 0) is 32.4 Å². The fourth-order valence-electron chi connectivity index (χ4n) is 2.98. The molecule has 2 atom stereocenters. The maximum absolute atomic E-state index is 4.73. The van der Waals surface area contributed by atoms with Crippen molar-refractivity contribution in [1.82, 2.24) is 19.6 Å². The average molecular weight is 272 g/mol. The molecule has 1 fully saturated rings. The van der Waals surface area contributed by atoms with Gasteiger partial charge < -0.3 is 9.72 Å². The number of hydrogen-bond acceptors (Lipinski definition) is 3. The number of rotatable bonds is 3. The highest BCUT2D eigenvalue weighted by Crippen LogP contribution is 2.24. The summed E-state index contributed by atoms with van der Waals surface area (Å²) in [7, 11) is 0. The van der Waals surface area contributed by atoms with Crippen molar-refractivity contribution in [3.05, 3.63) is 36.3 Å². The standard InChI is InChI=1S/C16H24N4/c1-4-16(3)12-17-13(2)9-20(16)11-14-10-19-8-6-5-7-15(19)18-14/h5-8,10,13,17H,4,9,11-12H2,1-3H3. The highest BCUT2D eigenvalue weighted by molar-refractivity contribution is 5.39. The first-order valence-corrected chi connectivity index (χ1v) is 7.52. The highest BCUT2D eigenvalue weighted by atomic mass is 15.3. The number of nitrogens with one attached hydrogen (secondary N) is 1. The molecule has 20 heavy (non-hydrogen) atoms. The number of imidazole rings is 1. The van der Waals surface area contributed by atoms with E-state index in [1.54, 1.807) is 0 Å². The lowest BCUT2D eigenvalue weighted by molar-refractivity contribution is 0.0443. The number of piperazine rings is 1. The molecule has 4 nitrogen and oxygen atoms in total. The Kier molecular flexibility index (Phi) is 3.52. The van der Waals surface area contributed by atoms with Crippen LogP contribution in [0.3, 0.4) is 0 Å². The zero-order valence-electron chi connectivity index (χ0n) is 12.6. The normalized spacial score (nSPS) is 28.1. The van der Waals surface area contributed by atoms with E-state index in [1.807, 2.05) is 12.1 Å². The minimum Gasteiger partial charge on any atom is -0.311 e. The monoisotopic (exact) mass is 272 g/mol. The molecule has 0 spiro atoms. The van der Waals surface area contributed by atoms with Crippen molar-refractivity contribution in [2.75, 3.05) is 13.1 Å². The molecule has 4 heteroatoms. The van der Waals surface area contributed by atoms with E-state index in [1.165, 1.54) is 0 Å².